The number of fused-ring (bicyclic) bond motifs is 1. The largest absolute Gasteiger partial charge is 0.461 e. The minimum absolute atomic E-state index is 0.00773. The third kappa shape index (κ3) is 20.3. The molecule has 0 radical (unpaired) electrons. The first-order valence-electron chi connectivity index (χ1n) is 25.5. The van der Waals surface area contributed by atoms with Crippen molar-refractivity contribution in [3.63, 3.8) is 0 Å². The van der Waals surface area contributed by atoms with E-state index in [1.807, 2.05) is 6.08 Å². The molecule has 4 N–H and O–H groups in total. The highest BCUT2D eigenvalue weighted by atomic mass is 35.5. The normalized spacial score (nSPS) is 15.2. The van der Waals surface area contributed by atoms with Gasteiger partial charge in [-0.2, -0.15) is 5.10 Å². The molecule has 0 spiro atoms. The molecule has 0 aliphatic carbocycles. The maximum absolute atomic E-state index is 13.6. The molecule has 3 heterocycles. The van der Waals surface area contributed by atoms with Gasteiger partial charge in [-0.1, -0.05) is 70.7 Å². The summed E-state index contributed by atoms with van der Waals surface area (Å²) in [5, 5.41) is 14.1. The summed E-state index contributed by atoms with van der Waals surface area (Å²) >= 11 is 24.0. The Morgan fingerprint density at radius 2 is 1.20 bits per heavy atom. The van der Waals surface area contributed by atoms with Gasteiger partial charge >= 0.3 is 24.1 Å². The van der Waals surface area contributed by atoms with E-state index in [2.05, 4.69) is 10.5 Å². The van der Waals surface area contributed by atoms with Gasteiger partial charge in [-0.3, -0.25) is 15.4 Å². The quantitative estimate of drug-likeness (QED) is 0.0238. The molecule has 4 aromatic carbocycles. The number of carbonyl (C=O) groups is 6. The number of ketones is 2. The van der Waals surface area contributed by atoms with Crippen LogP contribution in [0.3, 0.4) is 0 Å². The molecule has 1 saturated heterocycles. The number of nitrogens with zero attached hydrogens (tertiary/aromatic N) is 4. The number of aromatic nitrogens is 2. The second-order valence-corrected chi connectivity index (χ2v) is 21.5. The molecule has 1 unspecified atom stereocenters. The average Bonchev–Trinajstić information content (AvgIpc) is 3.55. The Kier molecular flexibility index (Phi) is 25.3. The molecule has 436 valence electrons. The minimum atomic E-state index is -1.26. The number of amides is 2. The predicted molar refractivity (Wildman–Crippen MR) is 309 cm³/mol. The fourth-order valence-electron chi connectivity index (χ4n) is 7.73. The van der Waals surface area contributed by atoms with E-state index in [1.165, 1.54) is 47.4 Å². The van der Waals surface area contributed by atoms with Crippen molar-refractivity contribution >= 4 is 106 Å². The molecule has 81 heavy (non-hydrogen) atoms. The number of esters is 2. The SMILES string of the molecule is CCO.CCOC(=O)C(=O)C1CCN(C(=O)OC(C)(C)C)C/C(=C\c2ccc(F)cc2)C1=O.CCOC(=O)c1nn(-c2ccc(Cl)cc2Cl)c2c1CCN(C(=O)OC(C)(C)C)C/C2=C\c1ccc(F)cc1.NNc1ccc(Cl)cc1Cl. The first-order chi connectivity index (χ1) is 38.1. The number of nitrogen functional groups attached to an aromatic ring is 1. The van der Waals surface area contributed by atoms with Crippen LogP contribution in [0.2, 0.25) is 20.1 Å². The highest BCUT2D eigenvalue weighted by Crippen LogP contribution is 2.35. The number of rotatable bonds is 9. The summed E-state index contributed by atoms with van der Waals surface area (Å²) in [6.07, 6.45) is 2.47. The van der Waals surface area contributed by atoms with Gasteiger partial charge in [0.2, 0.25) is 0 Å². The van der Waals surface area contributed by atoms with Gasteiger partial charge in [-0.25, -0.2) is 32.6 Å². The smallest absolute Gasteiger partial charge is 0.410 e. The Hall–Kier alpha value is -6.87. The molecule has 0 saturated carbocycles. The number of benzene rings is 4. The lowest BCUT2D eigenvalue weighted by Crippen LogP contribution is -2.38. The number of aliphatic hydroxyl groups excluding tert-OH is 1. The lowest BCUT2D eigenvalue weighted by molar-refractivity contribution is -0.156. The number of hydrogen-bond acceptors (Lipinski definition) is 14. The maximum Gasteiger partial charge on any atom is 0.410 e. The van der Waals surface area contributed by atoms with Crippen LogP contribution in [-0.4, -0.2) is 118 Å². The number of Topliss-reactive ketones (excluding diaryl/α,β-unsaturated/α-hetero) is 2. The van der Waals surface area contributed by atoms with Crippen LogP contribution in [0.5, 0.6) is 0 Å². The van der Waals surface area contributed by atoms with Gasteiger partial charge in [-0.15, -0.1) is 0 Å². The molecule has 1 fully saturated rings. The van der Waals surface area contributed by atoms with E-state index in [-0.39, 0.29) is 69.5 Å². The molecule has 5 aromatic rings. The Morgan fingerprint density at radius 1 is 0.716 bits per heavy atom. The Morgan fingerprint density at radius 3 is 1.68 bits per heavy atom. The molecule has 2 aliphatic rings. The molecule has 23 heteroatoms. The summed E-state index contributed by atoms with van der Waals surface area (Å²) in [4.78, 5) is 79.1. The maximum atomic E-state index is 13.6. The molecule has 0 bridgehead atoms. The summed E-state index contributed by atoms with van der Waals surface area (Å²) in [6.45, 7) is 16.3. The number of hydrazine groups is 1. The van der Waals surface area contributed by atoms with Crippen molar-refractivity contribution in [2.24, 2.45) is 11.8 Å². The van der Waals surface area contributed by atoms with Gasteiger partial charge in [-0.05, 0) is 165 Å². The van der Waals surface area contributed by atoms with E-state index < -0.39 is 58.6 Å². The fraction of sp³-hybridized carbons (Fsp3) is 0.362. The van der Waals surface area contributed by atoms with Crippen LogP contribution in [-0.2, 0) is 39.8 Å². The van der Waals surface area contributed by atoms with E-state index in [4.69, 9.17) is 76.3 Å². The standard InChI is InChI=1S/C28H28Cl2FN3O4.C22H26FNO6.C6H6Cl2N2.C2H6O/c1-5-37-26(35)24-21-12-13-33(27(36)38-28(2,3)4)16-18(14-17-6-9-20(31)10-7-17)25(21)34(32-24)23-11-8-19(29)15-22(23)30;1-5-29-20(27)19(26)17-10-11-24(21(28)30-22(2,3)4)13-15(18(17)25)12-14-6-8-16(23)9-7-14;7-4-1-2-6(10-9)5(8)3-4;1-2-3/h6-11,14-15H,5,12-13,16H2,1-4H3;6-9,12,17H,5,10-11,13H2,1-4H3;1-3,10H,9H2;3H,2H2,1H3/b18-14+;15-12+;;. The second kappa shape index (κ2) is 30.8. The van der Waals surface area contributed by atoms with Crippen LogP contribution in [0, 0.1) is 17.6 Å². The van der Waals surface area contributed by atoms with E-state index in [9.17, 15) is 37.5 Å². The Bertz CT molecular complexity index is 3090. The van der Waals surface area contributed by atoms with Crippen molar-refractivity contribution < 1.29 is 61.6 Å². The van der Waals surface area contributed by atoms with Crippen LogP contribution in [0.25, 0.3) is 23.4 Å². The predicted octanol–water partition coefficient (Wildman–Crippen LogP) is 12.3. The van der Waals surface area contributed by atoms with Crippen molar-refractivity contribution in [1.82, 2.24) is 19.6 Å². The highest BCUT2D eigenvalue weighted by Gasteiger charge is 2.39. The third-order valence-corrected chi connectivity index (χ3v) is 12.3. The third-order valence-electron chi connectivity index (χ3n) is 11.2. The average molecular weight is 1200 g/mol. The van der Waals surface area contributed by atoms with E-state index in [0.717, 1.165) is 0 Å². The number of halogens is 6. The molecular weight excluding hydrogens is 1140 g/mol. The zero-order valence-corrected chi connectivity index (χ0v) is 49.4. The highest BCUT2D eigenvalue weighted by molar-refractivity contribution is 6.40. The topological polar surface area (TPSA) is 222 Å². The zero-order chi connectivity index (χ0) is 60.4. The number of hydrogen-bond donors (Lipinski definition) is 3. The molecule has 2 amide bonds. The molecule has 1 aromatic heterocycles. The van der Waals surface area contributed by atoms with E-state index in [0.29, 0.717) is 65.8 Å². The molecule has 7 rings (SSSR count). The monoisotopic (exact) mass is 1200 g/mol. The molecule has 1 atom stereocenters. The van der Waals surface area contributed by atoms with Crippen LogP contribution < -0.4 is 11.3 Å². The first-order valence-corrected chi connectivity index (χ1v) is 27.1. The molecule has 17 nitrogen and oxygen atoms in total. The summed E-state index contributed by atoms with van der Waals surface area (Å²) in [5.41, 5.74) is 5.52. The Labute approximate surface area is 489 Å². The van der Waals surface area contributed by atoms with Gasteiger partial charge < -0.3 is 39.3 Å². The summed E-state index contributed by atoms with van der Waals surface area (Å²) < 4.78 is 49.5. The molecule has 2 aliphatic heterocycles. The number of carbonyl (C=O) groups excluding carboxylic acids is 6. The second-order valence-electron chi connectivity index (χ2n) is 19.8. The first kappa shape index (κ1) is 66.6. The van der Waals surface area contributed by atoms with Crippen molar-refractivity contribution in [3.05, 3.63) is 150 Å². The number of anilines is 1. The lowest BCUT2D eigenvalue weighted by atomic mass is 9.91. The van der Waals surface area contributed by atoms with Crippen molar-refractivity contribution in [2.75, 3.05) is 51.4 Å². The number of ether oxygens (including phenoxy) is 4. The van der Waals surface area contributed by atoms with Crippen molar-refractivity contribution in [3.8, 4) is 5.69 Å². The summed E-state index contributed by atoms with van der Waals surface area (Å²) in [5.74, 6) is -0.119. The van der Waals surface area contributed by atoms with Crippen LogP contribution in [0.1, 0.15) is 102 Å². The van der Waals surface area contributed by atoms with Crippen LogP contribution in [0.15, 0.2) is 90.5 Å². The zero-order valence-electron chi connectivity index (χ0n) is 46.3. The van der Waals surface area contributed by atoms with Crippen LogP contribution in [0.4, 0.5) is 24.1 Å². The summed E-state index contributed by atoms with van der Waals surface area (Å²) in [6, 6.07) is 21.4. The van der Waals surface area contributed by atoms with Crippen LogP contribution >= 0.6 is 46.4 Å². The lowest BCUT2D eigenvalue weighted by Gasteiger charge is -2.27. The fourth-order valence-corrected chi connectivity index (χ4v) is 8.69. The number of nitrogens with one attached hydrogen (secondary N) is 1. The van der Waals surface area contributed by atoms with E-state index in [1.54, 1.807) is 120 Å². The van der Waals surface area contributed by atoms with Gasteiger partial charge in [0.15, 0.2) is 11.5 Å². The van der Waals surface area contributed by atoms with Gasteiger partial charge in [0.05, 0.1) is 59.3 Å². The number of aliphatic hydroxyl groups is 1. The van der Waals surface area contributed by atoms with Gasteiger partial charge in [0.1, 0.15) is 22.8 Å². The number of nitrogens with two attached hydrogens (primary N) is 1. The summed E-state index contributed by atoms with van der Waals surface area (Å²) in [7, 11) is 0. The van der Waals surface area contributed by atoms with Crippen molar-refractivity contribution in [2.45, 2.75) is 86.4 Å². The van der Waals surface area contributed by atoms with Crippen molar-refractivity contribution in [1.29, 1.82) is 0 Å². The Balaban J connectivity index is 0.000000290. The number of likely N-dealkylation sites (tertiary alicyclic amines) is 1. The van der Waals surface area contributed by atoms with Gasteiger partial charge in [0, 0.05) is 40.9 Å². The van der Waals surface area contributed by atoms with Gasteiger partial charge in [0.25, 0.3) is 5.78 Å². The van der Waals surface area contributed by atoms with E-state index >= 15 is 0 Å². The molecular formula is C58H66Cl4F2N6O11. The minimum Gasteiger partial charge on any atom is -0.461 e.